The average molecular weight is 610 g/mol. The number of hydrogen-bond acceptors (Lipinski definition) is 10. The van der Waals surface area contributed by atoms with Crippen LogP contribution in [-0.4, -0.2) is 88.1 Å². The Morgan fingerprint density at radius 1 is 1.07 bits per heavy atom. The molecule has 1 aliphatic rings. The fourth-order valence-electron chi connectivity index (χ4n) is 4.36. The number of nitro groups is 1. The molecule has 0 bridgehead atoms. The second-order valence-electron chi connectivity index (χ2n) is 9.14. The number of sulfonamides is 1. The first-order chi connectivity index (χ1) is 18.6. The van der Waals surface area contributed by atoms with E-state index >= 15 is 0 Å². The molecule has 0 N–H and O–H groups in total. The van der Waals surface area contributed by atoms with E-state index in [9.17, 15) is 40.1 Å². The largest absolute Gasteiger partial charge is 0.418 e. The maximum atomic E-state index is 14.3. The zero-order chi connectivity index (χ0) is 29.7. The third kappa shape index (κ3) is 8.09. The molecule has 12 nitrogen and oxygen atoms in total. The third-order valence-electron chi connectivity index (χ3n) is 6.15. The summed E-state index contributed by atoms with van der Waals surface area (Å²) in [7, 11) is -8.58. The van der Waals surface area contributed by atoms with E-state index in [-0.39, 0.29) is 39.1 Å². The lowest BCUT2D eigenvalue weighted by Crippen LogP contribution is -2.48. The van der Waals surface area contributed by atoms with Gasteiger partial charge in [0.2, 0.25) is 10.0 Å². The number of halogens is 3. The van der Waals surface area contributed by atoms with Crippen LogP contribution in [-0.2, 0) is 37.0 Å². The molecule has 1 fully saturated rings. The van der Waals surface area contributed by atoms with Gasteiger partial charge in [0.05, 0.1) is 29.0 Å². The van der Waals surface area contributed by atoms with Crippen molar-refractivity contribution >= 4 is 31.5 Å². The van der Waals surface area contributed by atoms with Crippen molar-refractivity contribution in [1.82, 2.24) is 14.2 Å². The van der Waals surface area contributed by atoms with Crippen LogP contribution in [0, 0.1) is 10.1 Å². The normalized spacial score (nSPS) is 15.7. The van der Waals surface area contributed by atoms with E-state index < -0.39 is 66.2 Å². The molecular formula is C23H30F3N5O7S2. The Labute approximate surface area is 230 Å². The molecule has 1 aliphatic heterocycles. The van der Waals surface area contributed by atoms with Gasteiger partial charge >= 0.3 is 6.18 Å². The van der Waals surface area contributed by atoms with Gasteiger partial charge in [-0.2, -0.15) is 25.9 Å². The van der Waals surface area contributed by atoms with Crippen molar-refractivity contribution in [3.8, 4) is 0 Å². The molecule has 2 aromatic rings. The zero-order valence-corrected chi connectivity index (χ0v) is 23.5. The number of hydrogen-bond donors (Lipinski definition) is 0. The number of aromatic nitrogens is 1. The van der Waals surface area contributed by atoms with Gasteiger partial charge in [-0.25, -0.2) is 8.42 Å². The molecule has 0 aliphatic carbocycles. The Morgan fingerprint density at radius 3 is 2.23 bits per heavy atom. The summed E-state index contributed by atoms with van der Waals surface area (Å²) in [4.78, 5) is 16.6. The van der Waals surface area contributed by atoms with E-state index in [0.717, 1.165) is 21.0 Å². The van der Waals surface area contributed by atoms with Gasteiger partial charge in [-0.3, -0.25) is 24.2 Å². The first-order valence-electron chi connectivity index (χ1n) is 12.2. The maximum absolute atomic E-state index is 14.3. The lowest BCUT2D eigenvalue weighted by atomic mass is 10.1. The molecule has 0 unspecified atom stereocenters. The molecule has 3 rings (SSSR count). The molecule has 40 heavy (non-hydrogen) atoms. The first-order valence-corrected chi connectivity index (χ1v) is 15.5. The van der Waals surface area contributed by atoms with Crippen LogP contribution in [0.1, 0.15) is 24.5 Å². The van der Waals surface area contributed by atoms with E-state index in [1.54, 1.807) is 19.3 Å². The van der Waals surface area contributed by atoms with Crippen molar-refractivity contribution in [3.05, 3.63) is 57.9 Å². The van der Waals surface area contributed by atoms with Crippen molar-refractivity contribution in [2.75, 3.05) is 57.0 Å². The number of non-ortho nitro benzene ring substituents is 1. The van der Waals surface area contributed by atoms with Gasteiger partial charge in [-0.15, -0.1) is 0 Å². The molecule has 222 valence electrons. The number of nitrogens with zero attached hydrogens (tertiary/aromatic N) is 5. The molecule has 0 amide bonds. The van der Waals surface area contributed by atoms with Crippen molar-refractivity contribution in [2.24, 2.45) is 0 Å². The summed E-state index contributed by atoms with van der Waals surface area (Å²) in [5, 5.41) is 11.6. The summed E-state index contributed by atoms with van der Waals surface area (Å²) in [6, 6.07) is 4.55. The predicted octanol–water partition coefficient (Wildman–Crippen LogP) is 2.71. The van der Waals surface area contributed by atoms with Crippen LogP contribution in [0.25, 0.3) is 0 Å². The molecule has 17 heteroatoms. The summed E-state index contributed by atoms with van der Waals surface area (Å²) < 4.78 is 99.0. The Kier molecular flexibility index (Phi) is 10.1. The van der Waals surface area contributed by atoms with Gasteiger partial charge in [-0.1, -0.05) is 6.92 Å². The van der Waals surface area contributed by atoms with E-state index in [4.69, 9.17) is 0 Å². The molecule has 0 radical (unpaired) electrons. The Bertz CT molecular complexity index is 1400. The monoisotopic (exact) mass is 609 g/mol. The Balaban J connectivity index is 2.04. The smallest absolute Gasteiger partial charge is 0.368 e. The quantitative estimate of drug-likeness (QED) is 0.200. The van der Waals surface area contributed by atoms with Crippen molar-refractivity contribution < 1.29 is 39.1 Å². The van der Waals surface area contributed by atoms with Crippen molar-refractivity contribution in [1.29, 1.82) is 0 Å². The van der Waals surface area contributed by atoms with E-state index in [1.807, 2.05) is 17.0 Å². The molecule has 0 spiro atoms. The molecule has 2 heterocycles. The van der Waals surface area contributed by atoms with E-state index in [1.165, 1.54) is 0 Å². The average Bonchev–Trinajstić information content (AvgIpc) is 2.87. The number of piperazine rings is 1. The fraction of sp³-hybridized carbons (Fsp3) is 0.522. The van der Waals surface area contributed by atoms with Crippen molar-refractivity contribution in [2.45, 2.75) is 31.0 Å². The summed E-state index contributed by atoms with van der Waals surface area (Å²) in [6.45, 7) is 1.53. The van der Waals surface area contributed by atoms with Gasteiger partial charge in [0.15, 0.2) is 0 Å². The molecule has 1 saturated heterocycles. The number of rotatable bonds is 12. The third-order valence-corrected chi connectivity index (χ3v) is 8.66. The van der Waals surface area contributed by atoms with Crippen molar-refractivity contribution in [3.63, 3.8) is 0 Å². The number of benzene rings is 1. The summed E-state index contributed by atoms with van der Waals surface area (Å²) in [6.07, 6.45) is -0.866. The first kappa shape index (κ1) is 31.7. The lowest BCUT2D eigenvalue weighted by Gasteiger charge is -2.35. The molecule has 1 aromatic carbocycles. The maximum Gasteiger partial charge on any atom is 0.418 e. The van der Waals surface area contributed by atoms with Crippen LogP contribution in [0.2, 0.25) is 0 Å². The summed E-state index contributed by atoms with van der Waals surface area (Å²) in [5.41, 5.74) is -2.37. The number of pyridine rings is 1. The van der Waals surface area contributed by atoms with Gasteiger partial charge in [0.25, 0.3) is 15.8 Å². The van der Waals surface area contributed by atoms with Gasteiger partial charge in [0, 0.05) is 70.3 Å². The number of nitro benzene ring substituents is 1. The SMILES string of the molecule is CCCN(CCOS(C)(=O)=O)c1c(C(F)(F)F)cc([N+](=O)[O-])cc1S(=O)(=O)N1CCN(Cc2ccncc2)CC1. The van der Waals surface area contributed by atoms with Crippen LogP contribution >= 0.6 is 0 Å². The fourth-order valence-corrected chi connectivity index (χ4v) is 6.41. The van der Waals surface area contributed by atoms with Gasteiger partial charge in [-0.05, 0) is 24.1 Å². The zero-order valence-electron chi connectivity index (χ0n) is 21.9. The van der Waals surface area contributed by atoms with Crippen LogP contribution in [0.15, 0.2) is 41.6 Å². The minimum absolute atomic E-state index is 0.0537. The standard InChI is InChI=1S/C23H30F3N5O7S2/c1-3-8-29(13-14-38-39(2,34)35)22-20(23(24,25)26)15-19(31(32)33)16-21(22)40(36,37)30-11-9-28(10-12-30)17-18-4-6-27-7-5-18/h4-7,15-16H,3,8-14,17H2,1-2H3. The number of anilines is 1. The molecule has 0 atom stereocenters. The highest BCUT2D eigenvalue weighted by Crippen LogP contribution is 2.44. The highest BCUT2D eigenvalue weighted by molar-refractivity contribution is 7.89. The van der Waals surface area contributed by atoms with Crippen LogP contribution in [0.5, 0.6) is 0 Å². The topological polar surface area (TPSA) is 143 Å². The predicted molar refractivity (Wildman–Crippen MR) is 140 cm³/mol. The molecule has 1 aromatic heterocycles. The van der Waals surface area contributed by atoms with E-state index in [2.05, 4.69) is 9.17 Å². The Morgan fingerprint density at radius 2 is 1.70 bits per heavy atom. The highest BCUT2D eigenvalue weighted by atomic mass is 32.2. The Hall–Kier alpha value is -2.86. The van der Waals surface area contributed by atoms with Crippen LogP contribution in [0.3, 0.4) is 0 Å². The van der Waals surface area contributed by atoms with Crippen LogP contribution < -0.4 is 4.90 Å². The minimum Gasteiger partial charge on any atom is -0.368 e. The van der Waals surface area contributed by atoms with E-state index in [0.29, 0.717) is 18.7 Å². The lowest BCUT2D eigenvalue weighted by molar-refractivity contribution is -0.385. The summed E-state index contributed by atoms with van der Waals surface area (Å²) >= 11 is 0. The molecular weight excluding hydrogens is 579 g/mol. The van der Waals surface area contributed by atoms with Gasteiger partial charge in [0.1, 0.15) is 4.90 Å². The van der Waals surface area contributed by atoms with Crippen LogP contribution in [0.4, 0.5) is 24.5 Å². The minimum atomic E-state index is -5.15. The highest BCUT2D eigenvalue weighted by Gasteiger charge is 2.42. The van der Waals surface area contributed by atoms with Gasteiger partial charge < -0.3 is 4.90 Å². The number of alkyl halides is 3. The molecule has 0 saturated carbocycles. The second kappa shape index (κ2) is 12.8. The second-order valence-corrected chi connectivity index (χ2v) is 12.7. The summed E-state index contributed by atoms with van der Waals surface area (Å²) in [5.74, 6) is 0.